The molecule has 0 aromatic carbocycles. The van der Waals surface area contributed by atoms with Crippen molar-refractivity contribution in [3.63, 3.8) is 0 Å². The zero-order valence-electron chi connectivity index (χ0n) is 61.0. The van der Waals surface area contributed by atoms with Gasteiger partial charge >= 0.3 is 17.9 Å². The molecule has 0 saturated heterocycles. The van der Waals surface area contributed by atoms with Crippen LogP contribution in [0.15, 0.2) is 60.8 Å². The first-order valence-electron chi connectivity index (χ1n) is 39.5. The Kier molecular flexibility index (Phi) is 70.4. The Hall–Kier alpha value is -3.01. The first-order chi connectivity index (χ1) is 44.6. The maximum atomic E-state index is 13.0. The number of quaternary nitrogens is 1. The number of allylic oxidation sites excluding steroid dienone is 10. The molecule has 0 rings (SSSR count). The molecule has 9 heteroatoms. The van der Waals surface area contributed by atoms with Crippen LogP contribution in [-0.4, -0.2) is 87.4 Å². The molecule has 91 heavy (non-hydrogen) atoms. The smallest absolute Gasteiger partial charge is 0.361 e. The Morgan fingerprint density at radius 2 is 0.626 bits per heavy atom. The van der Waals surface area contributed by atoms with Crippen LogP contribution in [0.3, 0.4) is 0 Å². The summed E-state index contributed by atoms with van der Waals surface area (Å²) in [6, 6.07) is 0. The fraction of sp³-hybridized carbons (Fsp3) is 0.841. The molecule has 0 fully saturated rings. The van der Waals surface area contributed by atoms with E-state index in [0.29, 0.717) is 23.9 Å². The first kappa shape index (κ1) is 88.0. The summed E-state index contributed by atoms with van der Waals surface area (Å²) in [6.45, 7) is 4.81. The minimum Gasteiger partial charge on any atom is -0.477 e. The van der Waals surface area contributed by atoms with E-state index in [0.717, 1.165) is 77.0 Å². The van der Waals surface area contributed by atoms with Crippen LogP contribution in [0.1, 0.15) is 386 Å². The summed E-state index contributed by atoms with van der Waals surface area (Å²) in [6.07, 6.45) is 93.9. The summed E-state index contributed by atoms with van der Waals surface area (Å²) in [7, 11) is 5.99. The molecule has 0 saturated carbocycles. The molecule has 9 nitrogen and oxygen atoms in total. The second-order valence-corrected chi connectivity index (χ2v) is 28.0. The van der Waals surface area contributed by atoms with Gasteiger partial charge in [0.1, 0.15) is 13.2 Å². The SMILES string of the molecule is CC/C=C\C/C=C\C/C=C\C/C=C\C/C=C\CCCCCCCCCCCC(=O)OC(COC(=O)CCCCCCCCCCCCCCCCCCCCCCCCCCCCCCCCCCCCCCCCCCC)COC(OCC[N+](C)(C)C)C(=O)O. The van der Waals surface area contributed by atoms with E-state index in [4.69, 9.17) is 18.9 Å². The highest BCUT2D eigenvalue weighted by molar-refractivity contribution is 5.71. The second-order valence-electron chi connectivity index (χ2n) is 28.0. The van der Waals surface area contributed by atoms with Crippen LogP contribution in [0.2, 0.25) is 0 Å². The van der Waals surface area contributed by atoms with Crippen LogP contribution in [0.4, 0.5) is 0 Å². The third-order valence-electron chi connectivity index (χ3n) is 17.8. The van der Waals surface area contributed by atoms with Crippen molar-refractivity contribution >= 4 is 17.9 Å². The van der Waals surface area contributed by atoms with Crippen LogP contribution >= 0.6 is 0 Å². The van der Waals surface area contributed by atoms with Gasteiger partial charge in [-0.2, -0.15) is 0 Å². The molecule has 532 valence electrons. The second kappa shape index (κ2) is 72.8. The number of hydrogen-bond donors (Lipinski definition) is 1. The lowest BCUT2D eigenvalue weighted by Gasteiger charge is -2.25. The molecule has 0 amide bonds. The van der Waals surface area contributed by atoms with Crippen LogP contribution in [0.5, 0.6) is 0 Å². The van der Waals surface area contributed by atoms with E-state index < -0.39 is 24.3 Å². The number of carboxylic acids is 1. The number of likely N-dealkylation sites (N-methyl/N-ethyl adjacent to an activating group) is 1. The molecule has 0 bridgehead atoms. The number of esters is 2. The molecule has 2 atom stereocenters. The number of carbonyl (C=O) groups is 3. The van der Waals surface area contributed by atoms with E-state index in [1.165, 1.54) is 276 Å². The lowest BCUT2D eigenvalue weighted by molar-refractivity contribution is -0.870. The number of aliphatic carboxylic acids is 1. The maximum absolute atomic E-state index is 13.0. The summed E-state index contributed by atoms with van der Waals surface area (Å²) in [5, 5.41) is 9.76. The van der Waals surface area contributed by atoms with Gasteiger partial charge < -0.3 is 28.5 Å². The van der Waals surface area contributed by atoms with Crippen molar-refractivity contribution in [1.29, 1.82) is 0 Å². The normalized spacial score (nSPS) is 12.9. The molecular weight excluding hydrogens is 1130 g/mol. The average molecular weight is 1280 g/mol. The van der Waals surface area contributed by atoms with E-state index in [9.17, 15) is 19.5 Å². The van der Waals surface area contributed by atoms with Gasteiger partial charge in [0.2, 0.25) is 0 Å². The average Bonchev–Trinajstić information content (AvgIpc) is 3.46. The molecule has 0 aliphatic heterocycles. The van der Waals surface area contributed by atoms with Crippen molar-refractivity contribution in [3.8, 4) is 0 Å². The summed E-state index contributed by atoms with van der Waals surface area (Å²) in [4.78, 5) is 37.7. The maximum Gasteiger partial charge on any atom is 0.361 e. The first-order valence-corrected chi connectivity index (χ1v) is 39.5. The Labute approximate surface area is 565 Å². The van der Waals surface area contributed by atoms with Crippen molar-refractivity contribution in [2.24, 2.45) is 0 Å². The zero-order valence-corrected chi connectivity index (χ0v) is 61.0. The van der Waals surface area contributed by atoms with Gasteiger partial charge in [-0.25, -0.2) is 4.79 Å². The van der Waals surface area contributed by atoms with Gasteiger partial charge in [-0.05, 0) is 57.8 Å². The predicted octanol–water partition coefficient (Wildman–Crippen LogP) is 25.0. The Morgan fingerprint density at radius 1 is 0.341 bits per heavy atom. The third kappa shape index (κ3) is 74.3. The molecule has 0 spiro atoms. The number of unbranched alkanes of at least 4 members (excludes halogenated alkanes) is 49. The highest BCUT2D eigenvalue weighted by Crippen LogP contribution is 2.20. The zero-order chi connectivity index (χ0) is 66.1. The van der Waals surface area contributed by atoms with Crippen LogP contribution in [-0.2, 0) is 33.3 Å². The summed E-state index contributed by atoms with van der Waals surface area (Å²) >= 11 is 0. The summed E-state index contributed by atoms with van der Waals surface area (Å²) in [5.41, 5.74) is 0. The highest BCUT2D eigenvalue weighted by Gasteiger charge is 2.25. The number of carboxylic acid groups (broad SMARTS) is 1. The Balaban J connectivity index is 3.94. The van der Waals surface area contributed by atoms with Crippen LogP contribution in [0.25, 0.3) is 0 Å². The molecule has 0 aromatic heterocycles. The molecule has 2 unspecified atom stereocenters. The van der Waals surface area contributed by atoms with Crippen LogP contribution < -0.4 is 0 Å². The van der Waals surface area contributed by atoms with Crippen molar-refractivity contribution in [2.45, 2.75) is 399 Å². The largest absolute Gasteiger partial charge is 0.477 e. The van der Waals surface area contributed by atoms with Gasteiger partial charge in [0.25, 0.3) is 6.29 Å². The standard InChI is InChI=1S/C82H151NO8/c1-6-8-10-12-14-16-18-20-22-24-26-28-30-32-33-34-35-36-37-38-39-40-41-42-43-44-45-46-47-49-50-52-54-56-58-60-62-64-66-68-70-72-79(84)89-76-78(77-90-82(81(86)87)88-75-74-83(3,4)5)91-80(85)73-71-69-67-65-63-61-59-57-55-53-51-48-31-29-27-25-23-21-19-17-15-13-11-9-7-2/h9,11,15,17,21,23,27,29,48,51,78,82H,6-8,10,12-14,16,18-20,22,24-26,28,30-47,49-50,52-77H2,1-5H3/p+1/b11-9-,17-15-,23-21-,29-27-,51-48-. The minimum absolute atomic E-state index is 0.183. The number of carbonyl (C=O) groups excluding carboxylic acids is 2. The van der Waals surface area contributed by atoms with Crippen molar-refractivity contribution in [1.82, 2.24) is 0 Å². The predicted molar refractivity (Wildman–Crippen MR) is 392 cm³/mol. The quantitative estimate of drug-likeness (QED) is 0.0211. The van der Waals surface area contributed by atoms with E-state index in [1.54, 1.807) is 0 Å². The van der Waals surface area contributed by atoms with E-state index >= 15 is 0 Å². The number of hydrogen-bond acceptors (Lipinski definition) is 7. The summed E-state index contributed by atoms with van der Waals surface area (Å²) in [5.74, 6) is -1.99. The van der Waals surface area contributed by atoms with Crippen molar-refractivity contribution in [2.75, 3.05) is 47.5 Å². The Bertz CT molecular complexity index is 1680. The van der Waals surface area contributed by atoms with Gasteiger partial charge in [0, 0.05) is 12.8 Å². The molecule has 0 aromatic rings. The van der Waals surface area contributed by atoms with Gasteiger partial charge in [-0.15, -0.1) is 0 Å². The monoisotopic (exact) mass is 1280 g/mol. The van der Waals surface area contributed by atoms with Crippen molar-refractivity contribution in [3.05, 3.63) is 60.8 Å². The lowest BCUT2D eigenvalue weighted by atomic mass is 10.0. The number of nitrogens with zero attached hydrogens (tertiary/aromatic N) is 1. The molecular formula is C82H152NO8+. The molecule has 0 radical (unpaired) electrons. The third-order valence-corrected chi connectivity index (χ3v) is 17.8. The van der Waals surface area contributed by atoms with Crippen LogP contribution in [0, 0.1) is 0 Å². The molecule has 0 aliphatic carbocycles. The number of ether oxygens (including phenoxy) is 4. The lowest BCUT2D eigenvalue weighted by Crippen LogP contribution is -2.40. The van der Waals surface area contributed by atoms with E-state index in [-0.39, 0.29) is 32.2 Å². The topological polar surface area (TPSA) is 108 Å². The fourth-order valence-corrected chi connectivity index (χ4v) is 11.8. The van der Waals surface area contributed by atoms with Crippen molar-refractivity contribution < 1.29 is 42.9 Å². The van der Waals surface area contributed by atoms with Gasteiger partial charge in [0.05, 0.1) is 34.4 Å². The van der Waals surface area contributed by atoms with Gasteiger partial charge in [-0.1, -0.05) is 376 Å². The highest BCUT2D eigenvalue weighted by atomic mass is 16.7. The molecule has 0 aliphatic rings. The number of rotatable bonds is 74. The molecule has 0 heterocycles. The van der Waals surface area contributed by atoms with E-state index in [1.807, 2.05) is 21.1 Å². The minimum atomic E-state index is -1.51. The Morgan fingerprint density at radius 3 is 0.934 bits per heavy atom. The molecule has 1 N–H and O–H groups in total. The summed E-state index contributed by atoms with van der Waals surface area (Å²) < 4.78 is 23.0. The van der Waals surface area contributed by atoms with Gasteiger partial charge in [-0.3, -0.25) is 9.59 Å². The van der Waals surface area contributed by atoms with Gasteiger partial charge in [0.15, 0.2) is 6.10 Å². The van der Waals surface area contributed by atoms with E-state index in [2.05, 4.69) is 74.6 Å². The fourth-order valence-electron chi connectivity index (χ4n) is 11.8.